The fourth-order valence-corrected chi connectivity index (χ4v) is 4.36. The van der Waals surface area contributed by atoms with Gasteiger partial charge in [0.25, 0.3) is 0 Å². The van der Waals surface area contributed by atoms with Crippen LogP contribution in [0.25, 0.3) is 5.57 Å². The first kappa shape index (κ1) is 15.1. The van der Waals surface area contributed by atoms with Crippen molar-refractivity contribution in [1.29, 1.82) is 0 Å². The van der Waals surface area contributed by atoms with Crippen LogP contribution in [0.3, 0.4) is 0 Å². The van der Waals surface area contributed by atoms with Gasteiger partial charge in [-0.3, -0.25) is 0 Å². The fraction of sp³-hybridized carbons (Fsp3) is 0. The molecule has 0 aromatic heterocycles. The summed E-state index contributed by atoms with van der Waals surface area (Å²) in [4.78, 5) is 2.32. The van der Waals surface area contributed by atoms with Gasteiger partial charge in [-0.25, -0.2) is 0 Å². The summed E-state index contributed by atoms with van der Waals surface area (Å²) in [5, 5.41) is 0.847. The number of hydrogen-bond donors (Lipinski definition) is 0. The van der Waals surface area contributed by atoms with E-state index in [-0.39, 0.29) is 15.0 Å². The van der Waals surface area contributed by atoms with E-state index < -0.39 is 0 Å². The maximum atomic E-state index is 6.29. The van der Waals surface area contributed by atoms with Crippen molar-refractivity contribution in [1.82, 2.24) is 0 Å². The van der Waals surface area contributed by atoms with Gasteiger partial charge in [0.2, 0.25) is 0 Å². The molecule has 0 atom stereocenters. The van der Waals surface area contributed by atoms with Gasteiger partial charge in [0.1, 0.15) is 0 Å². The van der Waals surface area contributed by atoms with E-state index >= 15 is 0 Å². The normalized spacial score (nSPS) is 10.2. The van der Waals surface area contributed by atoms with E-state index in [4.69, 9.17) is 11.6 Å². The van der Waals surface area contributed by atoms with Crippen molar-refractivity contribution < 1.29 is 0 Å². The van der Waals surface area contributed by atoms with E-state index in [1.54, 1.807) is 0 Å². The Hall–Kier alpha value is -1.79. The zero-order valence-electron chi connectivity index (χ0n) is 11.9. The Kier molecular flexibility index (Phi) is 5.13. The second-order valence-corrected chi connectivity index (χ2v) is 7.13. The molecule has 108 valence electrons. The minimum atomic E-state index is 0.194. The van der Waals surface area contributed by atoms with Crippen LogP contribution in [-0.2, 0) is 0 Å². The van der Waals surface area contributed by atoms with Gasteiger partial charge in [-0.2, -0.15) is 0 Å². The Morgan fingerprint density at radius 2 is 1.18 bits per heavy atom. The summed E-state index contributed by atoms with van der Waals surface area (Å²) in [5.74, 6) is 0. The maximum absolute atomic E-state index is 6.29. The number of benzene rings is 3. The molecule has 0 amide bonds. The molecule has 0 saturated carbocycles. The predicted molar refractivity (Wildman–Crippen MR) is 96.8 cm³/mol. The van der Waals surface area contributed by atoms with E-state index in [1.165, 1.54) is 21.2 Å². The van der Waals surface area contributed by atoms with E-state index in [2.05, 4.69) is 59.6 Å². The number of hydrogen-bond acceptors (Lipinski definition) is 0. The van der Waals surface area contributed by atoms with E-state index in [1.807, 2.05) is 30.3 Å². The third-order valence-electron chi connectivity index (χ3n) is 3.31. The average molecular weight is 370 g/mol. The van der Waals surface area contributed by atoms with E-state index in [0.717, 1.165) is 5.02 Å². The van der Waals surface area contributed by atoms with Crippen molar-refractivity contribution in [2.75, 3.05) is 0 Å². The molecular formula is C20H15ClSe. The van der Waals surface area contributed by atoms with Gasteiger partial charge in [-0.15, -0.1) is 0 Å². The van der Waals surface area contributed by atoms with Crippen molar-refractivity contribution in [2.45, 2.75) is 0 Å². The first-order valence-electron chi connectivity index (χ1n) is 7.07. The molecule has 0 saturated heterocycles. The Balaban J connectivity index is 1.99. The van der Waals surface area contributed by atoms with E-state index in [0.29, 0.717) is 0 Å². The SMILES string of the molecule is Clc1ccccc1[Se]C=C(c1ccccc1)c1ccccc1. The summed E-state index contributed by atoms with van der Waals surface area (Å²) >= 11 is 6.48. The van der Waals surface area contributed by atoms with Gasteiger partial charge < -0.3 is 0 Å². The molecule has 0 aliphatic carbocycles. The van der Waals surface area contributed by atoms with Crippen LogP contribution in [0.2, 0.25) is 5.02 Å². The van der Waals surface area contributed by atoms with Crippen molar-refractivity contribution in [3.8, 4) is 0 Å². The van der Waals surface area contributed by atoms with E-state index in [9.17, 15) is 0 Å². The molecule has 3 aromatic rings. The van der Waals surface area contributed by atoms with Crippen LogP contribution < -0.4 is 4.46 Å². The molecule has 0 radical (unpaired) electrons. The second-order valence-electron chi connectivity index (χ2n) is 4.81. The van der Waals surface area contributed by atoms with Crippen molar-refractivity contribution in [3.05, 3.63) is 106 Å². The summed E-state index contributed by atoms with van der Waals surface area (Å²) in [6.45, 7) is 0. The Bertz CT molecular complexity index is 722. The summed E-state index contributed by atoms with van der Waals surface area (Å²) in [6, 6.07) is 29.1. The Morgan fingerprint density at radius 3 is 1.73 bits per heavy atom. The van der Waals surface area contributed by atoms with Crippen molar-refractivity contribution in [2.24, 2.45) is 0 Å². The third kappa shape index (κ3) is 3.69. The standard InChI is InChI=1S/C20H15ClSe/c21-19-13-7-8-14-20(19)22-15-18(16-9-3-1-4-10-16)17-11-5-2-6-12-17/h1-15H. The topological polar surface area (TPSA) is 0 Å². The quantitative estimate of drug-likeness (QED) is 0.582. The van der Waals surface area contributed by atoms with Crippen LogP contribution in [0.15, 0.2) is 89.9 Å². The zero-order chi connectivity index (χ0) is 15.2. The third-order valence-corrected chi connectivity index (χ3v) is 5.92. The van der Waals surface area contributed by atoms with Crippen LogP contribution in [0, 0.1) is 0 Å². The molecule has 2 heteroatoms. The summed E-state index contributed by atoms with van der Waals surface area (Å²) < 4.78 is 1.21. The molecule has 0 heterocycles. The average Bonchev–Trinajstić information content (AvgIpc) is 2.59. The fourth-order valence-electron chi connectivity index (χ4n) is 2.20. The summed E-state index contributed by atoms with van der Waals surface area (Å²) in [5.41, 5.74) is 3.74. The Morgan fingerprint density at radius 1 is 0.682 bits per heavy atom. The van der Waals surface area contributed by atoms with Crippen LogP contribution in [0.5, 0.6) is 0 Å². The second kappa shape index (κ2) is 7.47. The van der Waals surface area contributed by atoms with Gasteiger partial charge in [-0.1, -0.05) is 0 Å². The summed E-state index contributed by atoms with van der Waals surface area (Å²) in [6.07, 6.45) is 0. The molecule has 0 bridgehead atoms. The van der Waals surface area contributed by atoms with Crippen LogP contribution in [0.4, 0.5) is 0 Å². The number of rotatable bonds is 4. The molecule has 0 aliphatic rings. The van der Waals surface area contributed by atoms with Crippen molar-refractivity contribution in [3.63, 3.8) is 0 Å². The molecule has 0 nitrogen and oxygen atoms in total. The van der Waals surface area contributed by atoms with Crippen LogP contribution >= 0.6 is 11.6 Å². The molecule has 0 N–H and O–H groups in total. The molecule has 0 unspecified atom stereocenters. The van der Waals surface area contributed by atoms with Gasteiger partial charge in [0.15, 0.2) is 0 Å². The molecule has 3 aromatic carbocycles. The molecule has 0 aliphatic heterocycles. The first-order chi connectivity index (χ1) is 10.8. The van der Waals surface area contributed by atoms with Gasteiger partial charge >= 0.3 is 143 Å². The summed E-state index contributed by atoms with van der Waals surface area (Å²) in [7, 11) is 0. The predicted octanol–water partition coefficient (Wildman–Crippen LogP) is 4.76. The molecule has 22 heavy (non-hydrogen) atoms. The first-order valence-corrected chi connectivity index (χ1v) is 9.29. The Labute approximate surface area is 142 Å². The minimum absolute atomic E-state index is 0.194. The van der Waals surface area contributed by atoms with Gasteiger partial charge in [0.05, 0.1) is 0 Å². The zero-order valence-corrected chi connectivity index (χ0v) is 14.4. The molecule has 3 rings (SSSR count). The van der Waals surface area contributed by atoms with Crippen LogP contribution in [0.1, 0.15) is 11.1 Å². The molecule has 0 spiro atoms. The molecular weight excluding hydrogens is 355 g/mol. The van der Waals surface area contributed by atoms with Gasteiger partial charge in [0, 0.05) is 0 Å². The van der Waals surface area contributed by atoms with Gasteiger partial charge in [-0.05, 0) is 0 Å². The molecule has 0 fully saturated rings. The number of halogens is 1. The monoisotopic (exact) mass is 370 g/mol. The van der Waals surface area contributed by atoms with Crippen LogP contribution in [-0.4, -0.2) is 15.0 Å². The van der Waals surface area contributed by atoms with Crippen molar-refractivity contribution >= 4 is 36.6 Å².